The van der Waals surface area contributed by atoms with Crippen molar-refractivity contribution < 1.29 is 27.2 Å². The maximum atomic E-state index is 14.4. The molecule has 7 nitrogen and oxygen atoms in total. The number of pyridine rings is 1. The third-order valence-electron chi connectivity index (χ3n) is 6.42. The Hall–Kier alpha value is -5.38. The number of rotatable bonds is 10. The third kappa shape index (κ3) is 7.28. The Labute approximate surface area is 246 Å². The van der Waals surface area contributed by atoms with E-state index in [2.05, 4.69) is 34.1 Å². The second-order valence-corrected chi connectivity index (χ2v) is 9.37. The van der Waals surface area contributed by atoms with Gasteiger partial charge in [-0.15, -0.1) is 0 Å². The molecule has 0 spiro atoms. The van der Waals surface area contributed by atoms with Gasteiger partial charge in [0.1, 0.15) is 22.7 Å². The highest BCUT2D eigenvalue weighted by Gasteiger charge is 2.33. The molecule has 3 heterocycles. The number of allylic oxidation sites excluding steroid dienone is 5. The number of hydrogen-bond acceptors (Lipinski definition) is 5. The number of aromatic nitrogens is 1. The molecule has 0 fully saturated rings. The van der Waals surface area contributed by atoms with Crippen LogP contribution in [-0.4, -0.2) is 36.9 Å². The largest absolute Gasteiger partial charge is 0.455 e. The van der Waals surface area contributed by atoms with Crippen LogP contribution >= 0.6 is 0 Å². The summed E-state index contributed by atoms with van der Waals surface area (Å²) < 4.78 is 48.8. The molecule has 3 aromatic rings. The second-order valence-electron chi connectivity index (χ2n) is 9.37. The summed E-state index contributed by atoms with van der Waals surface area (Å²) in [6, 6.07) is 9.70. The maximum absolute atomic E-state index is 14.4. The maximum Gasteiger partial charge on any atom is 0.306 e. The van der Waals surface area contributed by atoms with Gasteiger partial charge in [-0.2, -0.15) is 8.78 Å². The second kappa shape index (κ2) is 13.5. The Morgan fingerprint density at radius 2 is 1.93 bits per heavy atom. The van der Waals surface area contributed by atoms with Gasteiger partial charge in [-0.05, 0) is 72.0 Å². The van der Waals surface area contributed by atoms with Crippen molar-refractivity contribution in [1.82, 2.24) is 20.9 Å². The fourth-order valence-electron chi connectivity index (χ4n) is 4.26. The quantitative estimate of drug-likeness (QED) is 0.247. The van der Waals surface area contributed by atoms with Gasteiger partial charge in [-0.3, -0.25) is 14.6 Å². The molecular weight excluding hydrogens is 557 g/mol. The molecule has 0 aliphatic carbocycles. The highest BCUT2D eigenvalue weighted by Crippen LogP contribution is 2.25. The van der Waals surface area contributed by atoms with Crippen LogP contribution in [0.15, 0.2) is 114 Å². The predicted octanol–water partition coefficient (Wildman–Crippen LogP) is 4.02. The van der Waals surface area contributed by atoms with Crippen LogP contribution in [0.25, 0.3) is 23.0 Å². The highest BCUT2D eigenvalue weighted by molar-refractivity contribution is 6.00. The number of nitrogens with zero attached hydrogens (tertiary/aromatic N) is 1. The van der Waals surface area contributed by atoms with Crippen LogP contribution in [0.4, 0.5) is 13.2 Å². The van der Waals surface area contributed by atoms with E-state index in [1.54, 1.807) is 18.4 Å². The van der Waals surface area contributed by atoms with Gasteiger partial charge in [0, 0.05) is 42.2 Å². The van der Waals surface area contributed by atoms with Gasteiger partial charge in [-0.25, -0.2) is 4.39 Å². The van der Waals surface area contributed by atoms with Crippen molar-refractivity contribution in [3.05, 3.63) is 137 Å². The molecule has 220 valence electrons. The van der Waals surface area contributed by atoms with Crippen LogP contribution < -0.4 is 26.6 Å². The number of furan rings is 1. The van der Waals surface area contributed by atoms with Crippen molar-refractivity contribution in [2.45, 2.75) is 5.92 Å². The first-order chi connectivity index (χ1) is 20.6. The van der Waals surface area contributed by atoms with E-state index in [9.17, 15) is 22.8 Å². The zero-order valence-electron chi connectivity index (χ0n) is 23.3. The summed E-state index contributed by atoms with van der Waals surface area (Å²) in [4.78, 5) is 29.3. The lowest BCUT2D eigenvalue weighted by Gasteiger charge is -2.15. The Morgan fingerprint density at radius 1 is 1.16 bits per heavy atom. The van der Waals surface area contributed by atoms with Crippen molar-refractivity contribution in [3.8, 4) is 11.3 Å². The number of carbonyl (C=O) groups is 2. The minimum atomic E-state index is -3.36. The van der Waals surface area contributed by atoms with Crippen molar-refractivity contribution in [3.63, 3.8) is 0 Å². The molecule has 1 aliphatic heterocycles. The molecular formula is C33H29F3N4O3. The number of alkyl halides is 2. The van der Waals surface area contributed by atoms with Crippen molar-refractivity contribution in [2.24, 2.45) is 0 Å². The Balaban J connectivity index is 1.71. The average molecular weight is 587 g/mol. The predicted molar refractivity (Wildman–Crippen MR) is 159 cm³/mol. The van der Waals surface area contributed by atoms with E-state index < -0.39 is 35.8 Å². The monoisotopic (exact) mass is 586 g/mol. The Morgan fingerprint density at radius 3 is 2.56 bits per heavy atom. The van der Waals surface area contributed by atoms with Crippen molar-refractivity contribution >= 4 is 23.5 Å². The molecule has 0 saturated carbocycles. The molecule has 2 amide bonds. The number of hydrogen-bond donors (Lipinski definition) is 3. The fraction of sp³-hybridized carbons (Fsp3) is 0.121. The van der Waals surface area contributed by atoms with E-state index in [1.165, 1.54) is 67.9 Å². The summed E-state index contributed by atoms with van der Waals surface area (Å²) >= 11 is 0. The Kier molecular flexibility index (Phi) is 9.61. The van der Waals surface area contributed by atoms with Crippen LogP contribution in [0.1, 0.15) is 16.1 Å². The molecule has 0 unspecified atom stereocenters. The summed E-state index contributed by atoms with van der Waals surface area (Å²) in [6.07, 6.45) is 12.0. The summed E-state index contributed by atoms with van der Waals surface area (Å²) in [6.45, 7) is 7.31. The highest BCUT2D eigenvalue weighted by atomic mass is 19.3. The van der Waals surface area contributed by atoms with Gasteiger partial charge in [0.05, 0.1) is 12.1 Å². The average Bonchev–Trinajstić information content (AvgIpc) is 3.67. The summed E-state index contributed by atoms with van der Waals surface area (Å²) in [5.74, 6) is -4.77. The van der Waals surface area contributed by atoms with E-state index in [-0.39, 0.29) is 11.3 Å². The summed E-state index contributed by atoms with van der Waals surface area (Å²) in [5, 5.41) is 8.30. The number of nitrogens with one attached hydrogen (secondary N) is 3. The normalized spacial score (nSPS) is 15.0. The lowest BCUT2D eigenvalue weighted by molar-refractivity contribution is -0.118. The molecule has 2 aromatic heterocycles. The number of benzene rings is 1. The molecule has 0 bridgehead atoms. The SMILES string of the molecule is C=C/C=C(\C=C\C(=O)NCC(F)(F)c1ccccn1)C(=C)/C=c1/c(C(=O)NC)c(-c2ccc(F)cc2)o/c1=C1\C=CNC1. The molecule has 0 radical (unpaired) electrons. The van der Waals surface area contributed by atoms with Crippen LogP contribution in [0.3, 0.4) is 0 Å². The van der Waals surface area contributed by atoms with Crippen LogP contribution in [-0.2, 0) is 10.7 Å². The molecule has 1 aromatic carbocycles. The standard InChI is InChI=1S/C33H29F3N4O3/c1-4-7-22(11-14-28(41)40-20-33(35,36)27-8-5-6-16-39-27)21(2)18-26-29(32(42)37-3)31(23-9-12-25(34)13-10-23)43-30(26)24-15-17-38-19-24/h4-18,38H,1-2,19-20H2,3H3,(H,37,42)(H,40,41)/b14-11+,22-7+,26-18-,30-24+. The number of amides is 2. The summed E-state index contributed by atoms with van der Waals surface area (Å²) in [7, 11) is 1.48. The third-order valence-corrected chi connectivity index (χ3v) is 6.42. The lowest BCUT2D eigenvalue weighted by atomic mass is 10.0. The van der Waals surface area contributed by atoms with Gasteiger partial charge >= 0.3 is 5.92 Å². The van der Waals surface area contributed by atoms with Gasteiger partial charge in [0.25, 0.3) is 5.91 Å². The molecule has 10 heteroatoms. The molecule has 1 aliphatic rings. The van der Waals surface area contributed by atoms with Gasteiger partial charge in [-0.1, -0.05) is 31.4 Å². The molecule has 0 saturated heterocycles. The minimum Gasteiger partial charge on any atom is -0.455 e. The van der Waals surface area contributed by atoms with Crippen LogP contribution in [0, 0.1) is 5.82 Å². The van der Waals surface area contributed by atoms with Crippen LogP contribution in [0.5, 0.6) is 0 Å². The molecule has 43 heavy (non-hydrogen) atoms. The minimum absolute atomic E-state index is 0.203. The smallest absolute Gasteiger partial charge is 0.306 e. The number of halogens is 3. The Bertz CT molecular complexity index is 1750. The van der Waals surface area contributed by atoms with E-state index >= 15 is 0 Å². The zero-order chi connectivity index (χ0) is 31.0. The van der Waals surface area contributed by atoms with Crippen molar-refractivity contribution in [2.75, 3.05) is 20.1 Å². The van der Waals surface area contributed by atoms with Crippen molar-refractivity contribution in [1.29, 1.82) is 0 Å². The van der Waals surface area contributed by atoms with Crippen LogP contribution in [0.2, 0.25) is 0 Å². The zero-order valence-corrected chi connectivity index (χ0v) is 23.3. The summed E-state index contributed by atoms with van der Waals surface area (Å²) in [5.41, 5.74) is 2.19. The van der Waals surface area contributed by atoms with E-state index in [1.807, 2.05) is 6.08 Å². The van der Waals surface area contributed by atoms with Gasteiger partial charge in [0.2, 0.25) is 5.91 Å². The molecule has 3 N–H and O–H groups in total. The lowest BCUT2D eigenvalue weighted by Crippen LogP contribution is -2.34. The van der Waals surface area contributed by atoms with E-state index in [4.69, 9.17) is 4.42 Å². The number of carbonyl (C=O) groups excluding carboxylic acids is 2. The van der Waals surface area contributed by atoms with E-state index in [0.29, 0.717) is 33.9 Å². The van der Waals surface area contributed by atoms with E-state index in [0.717, 1.165) is 11.6 Å². The van der Waals surface area contributed by atoms with Gasteiger partial charge < -0.3 is 20.4 Å². The molecule has 0 atom stereocenters. The fourth-order valence-corrected chi connectivity index (χ4v) is 4.26. The first-order valence-electron chi connectivity index (χ1n) is 13.2. The topological polar surface area (TPSA) is 96.3 Å². The first-order valence-corrected chi connectivity index (χ1v) is 13.2. The van der Waals surface area contributed by atoms with Gasteiger partial charge in [0.15, 0.2) is 0 Å². The molecule has 4 rings (SSSR count). The first kappa shape index (κ1) is 30.6.